The molecule has 0 aliphatic carbocycles. The maximum absolute atomic E-state index is 9.74. The van der Waals surface area contributed by atoms with Gasteiger partial charge in [0, 0.05) is 18.3 Å². The van der Waals surface area contributed by atoms with E-state index in [1.54, 1.807) is 6.26 Å². The van der Waals surface area contributed by atoms with E-state index in [2.05, 4.69) is 12.6 Å². The van der Waals surface area contributed by atoms with Crippen molar-refractivity contribution >= 4 is 31.5 Å². The van der Waals surface area contributed by atoms with Gasteiger partial charge in [-0.05, 0) is 18.6 Å². The van der Waals surface area contributed by atoms with Gasteiger partial charge in [0.15, 0.2) is 0 Å². The quantitative estimate of drug-likeness (QED) is 0.618. The van der Waals surface area contributed by atoms with Gasteiger partial charge >= 0.3 is 0 Å². The van der Waals surface area contributed by atoms with Crippen molar-refractivity contribution in [1.82, 2.24) is 0 Å². The molecule has 19 heavy (non-hydrogen) atoms. The van der Waals surface area contributed by atoms with Crippen molar-refractivity contribution in [3.05, 3.63) is 0 Å². The summed E-state index contributed by atoms with van der Waals surface area (Å²) in [6, 6.07) is 0. The summed E-state index contributed by atoms with van der Waals surface area (Å²) in [5.74, 6) is 0.988. The summed E-state index contributed by atoms with van der Waals surface area (Å²) in [5, 5.41) is 0. The first kappa shape index (κ1) is 26.8. The van der Waals surface area contributed by atoms with Crippen LogP contribution in [0.15, 0.2) is 0 Å². The SMILES string of the molecule is CC(C)C=O.CC(C)CC=O.CCC(C)C=O.CS. The second kappa shape index (κ2) is 26.0. The highest BCUT2D eigenvalue weighted by Crippen LogP contribution is 1.92. The van der Waals surface area contributed by atoms with Crippen LogP contribution in [0.1, 0.15) is 54.4 Å². The molecule has 0 saturated heterocycles. The molecule has 1 unspecified atom stereocenters. The Balaban J connectivity index is -0.0000000835. The van der Waals surface area contributed by atoms with Crippen molar-refractivity contribution in [3.8, 4) is 0 Å². The van der Waals surface area contributed by atoms with E-state index in [0.717, 1.165) is 25.3 Å². The average Bonchev–Trinajstić information content (AvgIpc) is 2.41. The van der Waals surface area contributed by atoms with E-state index < -0.39 is 0 Å². The van der Waals surface area contributed by atoms with Gasteiger partial charge in [-0.15, -0.1) is 0 Å². The van der Waals surface area contributed by atoms with Gasteiger partial charge in [0.25, 0.3) is 0 Å². The molecular formula is C15H32O3S. The predicted molar refractivity (Wildman–Crippen MR) is 86.9 cm³/mol. The fourth-order valence-corrected chi connectivity index (χ4v) is 0.289. The smallest absolute Gasteiger partial charge is 0.122 e. The van der Waals surface area contributed by atoms with Gasteiger partial charge in [0.05, 0.1) is 0 Å². The molecule has 0 heterocycles. The predicted octanol–water partition coefficient (Wildman–Crippen LogP) is 3.85. The first-order chi connectivity index (χ1) is 8.85. The van der Waals surface area contributed by atoms with Crippen molar-refractivity contribution in [3.63, 3.8) is 0 Å². The zero-order valence-corrected chi connectivity index (χ0v) is 14.4. The first-order valence-electron chi connectivity index (χ1n) is 6.64. The molecule has 0 aliphatic heterocycles. The molecule has 0 aromatic carbocycles. The molecule has 0 bridgehead atoms. The number of aldehydes is 3. The highest BCUT2D eigenvalue weighted by Gasteiger charge is 1.89. The lowest BCUT2D eigenvalue weighted by Crippen LogP contribution is -1.89. The Bertz CT molecular complexity index is 180. The van der Waals surface area contributed by atoms with Crippen LogP contribution in [0.25, 0.3) is 0 Å². The molecule has 0 aliphatic rings. The van der Waals surface area contributed by atoms with Crippen LogP contribution in [0.4, 0.5) is 0 Å². The fraction of sp³-hybridized carbons (Fsp3) is 0.800. The minimum Gasteiger partial charge on any atom is -0.303 e. The van der Waals surface area contributed by atoms with Crippen molar-refractivity contribution in [2.24, 2.45) is 17.8 Å². The van der Waals surface area contributed by atoms with Crippen molar-refractivity contribution in [1.29, 1.82) is 0 Å². The second-order valence-electron chi connectivity index (χ2n) is 4.70. The summed E-state index contributed by atoms with van der Waals surface area (Å²) < 4.78 is 0. The molecule has 4 heteroatoms. The molecular weight excluding hydrogens is 260 g/mol. The summed E-state index contributed by atoms with van der Waals surface area (Å²) in [6.07, 6.45) is 6.19. The Morgan fingerprint density at radius 3 is 1.26 bits per heavy atom. The highest BCUT2D eigenvalue weighted by molar-refractivity contribution is 7.79. The number of hydrogen-bond donors (Lipinski definition) is 1. The van der Waals surface area contributed by atoms with Crippen LogP contribution in [0, 0.1) is 17.8 Å². The number of carbonyl (C=O) groups is 3. The van der Waals surface area contributed by atoms with E-state index in [1.165, 1.54) is 0 Å². The molecule has 1 atom stereocenters. The van der Waals surface area contributed by atoms with Gasteiger partial charge in [-0.1, -0.05) is 41.5 Å². The number of thiol groups is 1. The molecule has 0 rings (SSSR count). The minimum absolute atomic E-state index is 0.204. The Morgan fingerprint density at radius 2 is 1.26 bits per heavy atom. The van der Waals surface area contributed by atoms with Crippen LogP contribution in [0.2, 0.25) is 0 Å². The summed E-state index contributed by atoms with van der Waals surface area (Å²) in [6.45, 7) is 11.7. The third-order valence-corrected chi connectivity index (χ3v) is 1.72. The molecule has 3 nitrogen and oxygen atoms in total. The van der Waals surface area contributed by atoms with Gasteiger partial charge < -0.3 is 14.4 Å². The fourth-order valence-electron chi connectivity index (χ4n) is 0.289. The number of hydrogen-bond acceptors (Lipinski definition) is 4. The van der Waals surface area contributed by atoms with E-state index >= 15 is 0 Å². The number of carbonyl (C=O) groups excluding carboxylic acids is 3. The maximum atomic E-state index is 9.74. The van der Waals surface area contributed by atoms with Crippen LogP contribution in [0.3, 0.4) is 0 Å². The Labute approximate surface area is 125 Å². The standard InChI is InChI=1S/2C5H10O.C4H8O.CH4S/c1-5(2)3-4-6;1-3-5(2)4-6;1-4(2)3-5;1-2/h2*4-5H,3H2,1-2H3;3-4H,1-2H3;2H,1H3. The molecule has 0 amide bonds. The molecule has 0 fully saturated rings. The zero-order valence-electron chi connectivity index (χ0n) is 13.6. The Morgan fingerprint density at radius 1 is 0.895 bits per heavy atom. The number of rotatable bonds is 5. The molecule has 0 saturated carbocycles. The lowest BCUT2D eigenvalue weighted by atomic mass is 10.2. The molecule has 0 aromatic rings. The van der Waals surface area contributed by atoms with E-state index in [9.17, 15) is 14.4 Å². The lowest BCUT2D eigenvalue weighted by molar-refractivity contribution is -0.111. The zero-order chi connectivity index (χ0) is 16.3. The summed E-state index contributed by atoms with van der Waals surface area (Å²) in [7, 11) is 0. The van der Waals surface area contributed by atoms with Crippen LogP contribution < -0.4 is 0 Å². The highest BCUT2D eigenvalue weighted by atomic mass is 32.1. The van der Waals surface area contributed by atoms with Crippen LogP contribution in [-0.4, -0.2) is 25.1 Å². The van der Waals surface area contributed by atoms with Crippen LogP contribution >= 0.6 is 12.6 Å². The van der Waals surface area contributed by atoms with E-state index in [-0.39, 0.29) is 11.8 Å². The van der Waals surface area contributed by atoms with E-state index in [4.69, 9.17) is 0 Å². The third kappa shape index (κ3) is 58.6. The largest absolute Gasteiger partial charge is 0.303 e. The monoisotopic (exact) mass is 292 g/mol. The van der Waals surface area contributed by atoms with Crippen LogP contribution in [0.5, 0.6) is 0 Å². The molecule has 0 aromatic heterocycles. The Kier molecular flexibility index (Phi) is 36.8. The van der Waals surface area contributed by atoms with Crippen LogP contribution in [-0.2, 0) is 14.4 Å². The maximum Gasteiger partial charge on any atom is 0.122 e. The van der Waals surface area contributed by atoms with Gasteiger partial charge in [0.1, 0.15) is 18.9 Å². The van der Waals surface area contributed by atoms with Crippen molar-refractivity contribution < 1.29 is 14.4 Å². The average molecular weight is 292 g/mol. The van der Waals surface area contributed by atoms with Gasteiger partial charge in [-0.3, -0.25) is 0 Å². The Hall–Kier alpha value is -0.640. The van der Waals surface area contributed by atoms with Crippen molar-refractivity contribution in [2.75, 3.05) is 6.26 Å². The lowest BCUT2D eigenvalue weighted by Gasteiger charge is -1.89. The van der Waals surface area contributed by atoms with Crippen molar-refractivity contribution in [2.45, 2.75) is 54.4 Å². The van der Waals surface area contributed by atoms with Gasteiger partial charge in [0.2, 0.25) is 0 Å². The van der Waals surface area contributed by atoms with E-state index in [1.807, 2.05) is 41.5 Å². The molecule has 0 N–H and O–H groups in total. The first-order valence-corrected chi connectivity index (χ1v) is 7.53. The molecule has 116 valence electrons. The summed E-state index contributed by atoms with van der Waals surface area (Å²) in [4.78, 5) is 28.9. The van der Waals surface area contributed by atoms with E-state index in [0.29, 0.717) is 12.3 Å². The summed E-state index contributed by atoms with van der Waals surface area (Å²) >= 11 is 3.53. The third-order valence-electron chi connectivity index (χ3n) is 1.72. The topological polar surface area (TPSA) is 51.2 Å². The normalized spacial score (nSPS) is 9.79. The second-order valence-corrected chi connectivity index (χ2v) is 4.70. The molecule has 0 radical (unpaired) electrons. The van der Waals surface area contributed by atoms with Gasteiger partial charge in [-0.25, -0.2) is 0 Å². The summed E-state index contributed by atoms with van der Waals surface area (Å²) in [5.41, 5.74) is 0. The molecule has 0 spiro atoms. The van der Waals surface area contributed by atoms with Gasteiger partial charge in [-0.2, -0.15) is 12.6 Å². The minimum atomic E-state index is 0.204.